The number of hydrogen-bond donors (Lipinski definition) is 3. The largest absolute Gasteiger partial charge is 0.756 e. The SMILES string of the molecule is CCCC/C=C\CCCCCCCC(=O)OC[C@H](COP(=O)([O-])OCC[N+](C)(C)C)OC(=O)CCC/C=C\C[C@H]1[C@@H](O)CC(O)O[C@@H]1/C=C/[C@@H](O)CCCCC. The molecule has 0 radical (unpaired) electrons. The molecular formula is C42H76NO12P. The molecule has 2 unspecified atom stereocenters. The van der Waals surface area contributed by atoms with E-state index in [0.29, 0.717) is 43.1 Å². The Morgan fingerprint density at radius 3 is 2.20 bits per heavy atom. The summed E-state index contributed by atoms with van der Waals surface area (Å²) < 4.78 is 39.4. The van der Waals surface area contributed by atoms with Crippen molar-refractivity contribution in [2.24, 2.45) is 5.92 Å². The Bertz CT molecular complexity index is 1170. The molecule has 0 aromatic heterocycles. The van der Waals surface area contributed by atoms with Gasteiger partial charge >= 0.3 is 11.9 Å². The van der Waals surface area contributed by atoms with Gasteiger partial charge in [-0.15, -0.1) is 0 Å². The number of hydrogen-bond acceptors (Lipinski definition) is 12. The highest BCUT2D eigenvalue weighted by molar-refractivity contribution is 7.45. The van der Waals surface area contributed by atoms with E-state index in [1.807, 2.05) is 33.3 Å². The smallest absolute Gasteiger partial charge is 0.306 e. The first-order valence-electron chi connectivity index (χ1n) is 21.1. The lowest BCUT2D eigenvalue weighted by Gasteiger charge is -2.36. The highest BCUT2D eigenvalue weighted by Crippen LogP contribution is 2.38. The molecule has 14 heteroatoms. The maximum absolute atomic E-state index is 12.8. The Morgan fingerprint density at radius 1 is 0.839 bits per heavy atom. The summed E-state index contributed by atoms with van der Waals surface area (Å²) in [6.45, 7) is 3.73. The molecule has 56 heavy (non-hydrogen) atoms. The Hall–Kier alpha value is -1.93. The number of aliphatic hydroxyl groups excluding tert-OH is 3. The molecule has 1 saturated heterocycles. The second kappa shape index (κ2) is 31.1. The molecule has 1 rings (SSSR count). The van der Waals surface area contributed by atoms with Gasteiger partial charge in [0.15, 0.2) is 12.4 Å². The zero-order valence-corrected chi connectivity index (χ0v) is 36.0. The van der Waals surface area contributed by atoms with Crippen LogP contribution in [0.1, 0.15) is 136 Å². The van der Waals surface area contributed by atoms with Crippen molar-refractivity contribution in [2.45, 2.75) is 167 Å². The zero-order valence-electron chi connectivity index (χ0n) is 35.1. The first-order valence-corrected chi connectivity index (χ1v) is 22.6. The monoisotopic (exact) mass is 818 g/mol. The number of phosphoric acid groups is 1. The van der Waals surface area contributed by atoms with Crippen molar-refractivity contribution in [1.82, 2.24) is 0 Å². The van der Waals surface area contributed by atoms with Crippen molar-refractivity contribution in [3.8, 4) is 0 Å². The van der Waals surface area contributed by atoms with Crippen LogP contribution in [0.3, 0.4) is 0 Å². The fourth-order valence-electron chi connectivity index (χ4n) is 5.97. The van der Waals surface area contributed by atoms with E-state index in [1.165, 1.54) is 12.8 Å². The maximum atomic E-state index is 12.8. The van der Waals surface area contributed by atoms with E-state index >= 15 is 0 Å². The topological polar surface area (TPSA) is 181 Å². The second-order valence-corrected chi connectivity index (χ2v) is 17.3. The van der Waals surface area contributed by atoms with Gasteiger partial charge in [0.1, 0.15) is 19.8 Å². The van der Waals surface area contributed by atoms with Crippen LogP contribution in [0, 0.1) is 5.92 Å². The number of phosphoric ester groups is 1. The lowest BCUT2D eigenvalue weighted by Crippen LogP contribution is -2.43. The lowest BCUT2D eigenvalue weighted by atomic mass is 9.87. The number of ether oxygens (including phenoxy) is 3. The van der Waals surface area contributed by atoms with Crippen LogP contribution in [0.15, 0.2) is 36.5 Å². The van der Waals surface area contributed by atoms with Crippen LogP contribution in [0.4, 0.5) is 0 Å². The van der Waals surface area contributed by atoms with E-state index in [4.69, 9.17) is 23.3 Å². The third-order valence-electron chi connectivity index (χ3n) is 9.43. The first-order chi connectivity index (χ1) is 26.7. The number of quaternary nitrogens is 1. The molecule has 13 nitrogen and oxygen atoms in total. The van der Waals surface area contributed by atoms with Crippen molar-refractivity contribution < 1.29 is 62.1 Å². The summed E-state index contributed by atoms with van der Waals surface area (Å²) in [6.07, 6.45) is 22.3. The number of esters is 2. The van der Waals surface area contributed by atoms with E-state index in [-0.39, 0.29) is 38.4 Å². The molecular weight excluding hydrogens is 741 g/mol. The van der Waals surface area contributed by atoms with E-state index < -0.39 is 57.1 Å². The third kappa shape index (κ3) is 28.5. The molecule has 0 aromatic rings. The summed E-state index contributed by atoms with van der Waals surface area (Å²) in [5, 5.41) is 31.0. The van der Waals surface area contributed by atoms with Gasteiger partial charge in [-0.3, -0.25) is 14.2 Å². The average molecular weight is 818 g/mol. The van der Waals surface area contributed by atoms with Crippen LogP contribution in [0.2, 0.25) is 0 Å². The number of aliphatic hydroxyl groups is 3. The molecule has 0 amide bonds. The minimum absolute atomic E-state index is 0.0288. The van der Waals surface area contributed by atoms with Gasteiger partial charge < -0.3 is 48.0 Å². The quantitative estimate of drug-likeness (QED) is 0.0207. The van der Waals surface area contributed by atoms with Gasteiger partial charge in [-0.2, -0.15) is 0 Å². The summed E-state index contributed by atoms with van der Waals surface area (Å²) in [6, 6.07) is 0. The van der Waals surface area contributed by atoms with Gasteiger partial charge in [0.2, 0.25) is 0 Å². The second-order valence-electron chi connectivity index (χ2n) is 15.9. The molecule has 0 aromatic carbocycles. The molecule has 7 atom stereocenters. The summed E-state index contributed by atoms with van der Waals surface area (Å²) in [7, 11) is 0.988. The van der Waals surface area contributed by atoms with Crippen LogP contribution in [0.25, 0.3) is 0 Å². The summed E-state index contributed by atoms with van der Waals surface area (Å²) in [5.41, 5.74) is 0. The molecule has 1 aliphatic heterocycles. The Morgan fingerprint density at radius 2 is 1.48 bits per heavy atom. The number of rotatable bonds is 33. The van der Waals surface area contributed by atoms with Crippen LogP contribution >= 0.6 is 7.82 Å². The summed E-state index contributed by atoms with van der Waals surface area (Å²) in [4.78, 5) is 37.6. The Kier molecular flexibility index (Phi) is 28.9. The predicted octanol–water partition coefficient (Wildman–Crippen LogP) is 6.82. The first kappa shape index (κ1) is 52.1. The molecule has 1 aliphatic rings. The van der Waals surface area contributed by atoms with E-state index in [2.05, 4.69) is 26.0 Å². The van der Waals surface area contributed by atoms with Crippen LogP contribution < -0.4 is 4.89 Å². The molecule has 1 heterocycles. The van der Waals surface area contributed by atoms with Gasteiger partial charge in [0, 0.05) is 25.2 Å². The lowest BCUT2D eigenvalue weighted by molar-refractivity contribution is -0.870. The van der Waals surface area contributed by atoms with Crippen LogP contribution in [-0.2, 0) is 37.4 Å². The van der Waals surface area contributed by atoms with Gasteiger partial charge in [0.05, 0.1) is 46.1 Å². The number of likely N-dealkylation sites (N-methyl/N-ethyl adjacent to an activating group) is 1. The molecule has 0 aliphatic carbocycles. The van der Waals surface area contributed by atoms with Crippen molar-refractivity contribution in [3.05, 3.63) is 36.5 Å². The zero-order chi connectivity index (χ0) is 41.7. The predicted molar refractivity (Wildman–Crippen MR) is 216 cm³/mol. The number of carbonyl (C=O) groups excluding carboxylic acids is 2. The van der Waals surface area contributed by atoms with Crippen LogP contribution in [0.5, 0.6) is 0 Å². The fraction of sp³-hybridized carbons (Fsp3) is 0.810. The third-order valence-corrected chi connectivity index (χ3v) is 10.4. The number of unbranched alkanes of at least 4 members (excludes halogenated alkanes) is 10. The van der Waals surface area contributed by atoms with Crippen molar-refractivity contribution in [3.63, 3.8) is 0 Å². The van der Waals surface area contributed by atoms with Crippen molar-refractivity contribution in [1.29, 1.82) is 0 Å². The molecule has 0 bridgehead atoms. The van der Waals surface area contributed by atoms with E-state index in [1.54, 1.807) is 12.2 Å². The molecule has 0 saturated carbocycles. The summed E-state index contributed by atoms with van der Waals surface area (Å²) >= 11 is 0. The molecule has 326 valence electrons. The van der Waals surface area contributed by atoms with Crippen molar-refractivity contribution in [2.75, 3.05) is 47.5 Å². The van der Waals surface area contributed by atoms with E-state index in [0.717, 1.165) is 57.8 Å². The minimum atomic E-state index is -4.70. The molecule has 3 N–H and O–H groups in total. The number of nitrogens with zero attached hydrogens (tertiary/aromatic N) is 1. The average Bonchev–Trinajstić information content (AvgIpc) is 3.12. The Balaban J connectivity index is 2.60. The normalized spacial score (nSPS) is 21.4. The van der Waals surface area contributed by atoms with Crippen LogP contribution in [-0.4, -0.2) is 110 Å². The number of allylic oxidation sites excluding steroid dienone is 4. The summed E-state index contributed by atoms with van der Waals surface area (Å²) in [5.74, 6) is -1.37. The van der Waals surface area contributed by atoms with Crippen molar-refractivity contribution >= 4 is 19.8 Å². The molecule has 0 spiro atoms. The van der Waals surface area contributed by atoms with Gasteiger partial charge in [-0.25, -0.2) is 0 Å². The van der Waals surface area contributed by atoms with Gasteiger partial charge in [-0.1, -0.05) is 102 Å². The highest BCUT2D eigenvalue weighted by Gasteiger charge is 2.35. The minimum Gasteiger partial charge on any atom is -0.756 e. The van der Waals surface area contributed by atoms with E-state index in [9.17, 15) is 34.4 Å². The van der Waals surface area contributed by atoms with Gasteiger partial charge in [0.25, 0.3) is 7.82 Å². The standard InChI is InChI=1S/C42H76NO12P/c1-6-8-10-11-12-13-14-15-16-17-22-26-40(46)51-33-36(34-53-56(49,50)52-31-30-43(3,4)5)54-41(47)27-23-19-18-21-25-37-38(45)32-42(48)55-39(37)29-28-35(44)24-20-9-7-2/h11-12,18,21,28-29,35-39,42,44-45,48H,6-10,13-17,19-20,22-27,30-34H2,1-5H3/b12-11-,21-18-,29-28+/t35-,36+,37-,38-,39+,42?/m0/s1. The molecule has 1 fully saturated rings. The number of carbonyl (C=O) groups is 2. The Labute approximate surface area is 337 Å². The maximum Gasteiger partial charge on any atom is 0.306 e. The fourth-order valence-corrected chi connectivity index (χ4v) is 6.70. The van der Waals surface area contributed by atoms with Gasteiger partial charge in [-0.05, 0) is 51.4 Å². The highest BCUT2D eigenvalue weighted by atomic mass is 31.2.